The average Bonchev–Trinajstić information content (AvgIpc) is 2.58. The number of non-ortho nitro benzene ring substituents is 1. The van der Waals surface area contributed by atoms with Crippen LogP contribution < -0.4 is 9.47 Å². The van der Waals surface area contributed by atoms with Crippen molar-refractivity contribution in [3.63, 3.8) is 0 Å². The molecule has 0 bridgehead atoms. The van der Waals surface area contributed by atoms with Crippen LogP contribution in [0.25, 0.3) is 0 Å². The van der Waals surface area contributed by atoms with Crippen LogP contribution in [0.4, 0.5) is 5.69 Å². The average molecular weight is 312 g/mol. The van der Waals surface area contributed by atoms with E-state index < -0.39 is 4.92 Å². The Bertz CT molecular complexity index is 692. The van der Waals surface area contributed by atoms with Crippen molar-refractivity contribution in [2.24, 2.45) is 0 Å². The van der Waals surface area contributed by atoms with E-state index in [1.807, 2.05) is 6.07 Å². The minimum Gasteiger partial charge on any atom is -0.494 e. The van der Waals surface area contributed by atoms with Crippen molar-refractivity contribution in [2.75, 3.05) is 13.2 Å². The zero-order valence-electron chi connectivity index (χ0n) is 12.5. The Hall–Kier alpha value is -3.07. The first-order valence-corrected chi connectivity index (χ1v) is 7.19. The van der Waals surface area contributed by atoms with Gasteiger partial charge in [0.1, 0.15) is 11.5 Å². The largest absolute Gasteiger partial charge is 0.494 e. The van der Waals surface area contributed by atoms with Gasteiger partial charge in [-0.05, 0) is 43.2 Å². The predicted molar refractivity (Wildman–Crippen MR) is 84.5 cm³/mol. The van der Waals surface area contributed by atoms with Gasteiger partial charge in [0.15, 0.2) is 0 Å². The molecule has 0 atom stereocenters. The topological polar surface area (TPSA) is 85.4 Å². The van der Waals surface area contributed by atoms with Gasteiger partial charge in [0, 0.05) is 12.1 Å². The van der Waals surface area contributed by atoms with Crippen LogP contribution in [0, 0.1) is 21.4 Å². The molecule has 0 aliphatic heterocycles. The smallest absolute Gasteiger partial charge is 0.269 e. The zero-order chi connectivity index (χ0) is 16.5. The molecule has 0 saturated heterocycles. The molecule has 0 saturated carbocycles. The number of hydrogen-bond donors (Lipinski definition) is 0. The molecule has 0 aromatic heterocycles. The van der Waals surface area contributed by atoms with Gasteiger partial charge in [0.25, 0.3) is 5.69 Å². The Labute approximate surface area is 134 Å². The Morgan fingerprint density at radius 1 is 1.00 bits per heavy atom. The van der Waals surface area contributed by atoms with Crippen LogP contribution in [0.3, 0.4) is 0 Å². The second kappa shape index (κ2) is 8.39. The number of nitrogens with zero attached hydrogens (tertiary/aromatic N) is 2. The molecule has 6 nitrogen and oxygen atoms in total. The number of unbranched alkanes of at least 4 members (excludes halogenated alkanes) is 1. The summed E-state index contributed by atoms with van der Waals surface area (Å²) in [6.45, 7) is 1.05. The lowest BCUT2D eigenvalue weighted by Crippen LogP contribution is -2.02. The van der Waals surface area contributed by atoms with Gasteiger partial charge in [0.05, 0.1) is 29.8 Å². The molecule has 0 aliphatic carbocycles. The minimum absolute atomic E-state index is 0.0466. The monoisotopic (exact) mass is 312 g/mol. The highest BCUT2D eigenvalue weighted by Crippen LogP contribution is 2.17. The quantitative estimate of drug-likeness (QED) is 0.421. The fourth-order valence-electron chi connectivity index (χ4n) is 1.90. The summed E-state index contributed by atoms with van der Waals surface area (Å²) in [5, 5.41) is 19.3. The van der Waals surface area contributed by atoms with Gasteiger partial charge in [-0.25, -0.2) is 0 Å². The van der Waals surface area contributed by atoms with Crippen LogP contribution in [0.15, 0.2) is 48.5 Å². The van der Waals surface area contributed by atoms with Crippen molar-refractivity contribution in [1.82, 2.24) is 0 Å². The number of nitro benzene ring substituents is 1. The number of benzene rings is 2. The van der Waals surface area contributed by atoms with Crippen LogP contribution in [0.2, 0.25) is 0 Å². The van der Waals surface area contributed by atoms with Gasteiger partial charge in [-0.15, -0.1) is 0 Å². The molecule has 2 aromatic rings. The van der Waals surface area contributed by atoms with E-state index in [4.69, 9.17) is 14.7 Å². The summed E-state index contributed by atoms with van der Waals surface area (Å²) in [5.41, 5.74) is 0.620. The molecular weight excluding hydrogens is 296 g/mol. The van der Waals surface area contributed by atoms with Crippen LogP contribution in [0.5, 0.6) is 11.5 Å². The third-order valence-corrected chi connectivity index (χ3v) is 3.09. The second-order valence-corrected chi connectivity index (χ2v) is 4.79. The summed E-state index contributed by atoms with van der Waals surface area (Å²) in [6, 6.07) is 15.1. The summed E-state index contributed by atoms with van der Waals surface area (Å²) in [7, 11) is 0. The molecule has 118 valence electrons. The maximum Gasteiger partial charge on any atom is 0.269 e. The lowest BCUT2D eigenvalue weighted by atomic mass is 10.2. The van der Waals surface area contributed by atoms with Gasteiger partial charge < -0.3 is 9.47 Å². The lowest BCUT2D eigenvalue weighted by molar-refractivity contribution is -0.384. The van der Waals surface area contributed by atoms with Gasteiger partial charge in [-0.3, -0.25) is 10.1 Å². The van der Waals surface area contributed by atoms with Crippen molar-refractivity contribution in [3.8, 4) is 17.6 Å². The fourth-order valence-corrected chi connectivity index (χ4v) is 1.90. The van der Waals surface area contributed by atoms with Crippen molar-refractivity contribution in [3.05, 3.63) is 64.2 Å². The first-order valence-electron chi connectivity index (χ1n) is 7.19. The van der Waals surface area contributed by atoms with Crippen LogP contribution >= 0.6 is 0 Å². The van der Waals surface area contributed by atoms with E-state index in [0.29, 0.717) is 30.3 Å². The van der Waals surface area contributed by atoms with E-state index in [2.05, 4.69) is 6.07 Å². The van der Waals surface area contributed by atoms with E-state index in [1.165, 1.54) is 12.1 Å². The van der Waals surface area contributed by atoms with Gasteiger partial charge in [-0.1, -0.05) is 6.07 Å². The van der Waals surface area contributed by atoms with E-state index in [1.54, 1.807) is 30.3 Å². The van der Waals surface area contributed by atoms with E-state index in [9.17, 15) is 10.1 Å². The molecule has 23 heavy (non-hydrogen) atoms. The van der Waals surface area contributed by atoms with Gasteiger partial charge >= 0.3 is 0 Å². The van der Waals surface area contributed by atoms with Crippen molar-refractivity contribution < 1.29 is 14.4 Å². The summed E-state index contributed by atoms with van der Waals surface area (Å²) >= 11 is 0. The molecule has 0 heterocycles. The van der Waals surface area contributed by atoms with E-state index >= 15 is 0 Å². The van der Waals surface area contributed by atoms with Crippen LogP contribution in [0.1, 0.15) is 18.4 Å². The number of hydrogen-bond acceptors (Lipinski definition) is 5. The molecule has 0 spiro atoms. The van der Waals surface area contributed by atoms with E-state index in [-0.39, 0.29) is 5.69 Å². The second-order valence-electron chi connectivity index (χ2n) is 4.79. The highest BCUT2D eigenvalue weighted by Gasteiger charge is 2.04. The summed E-state index contributed by atoms with van der Waals surface area (Å²) < 4.78 is 11.1. The number of nitriles is 1. The number of ether oxygens (including phenoxy) is 2. The molecular formula is C17H16N2O4. The molecule has 2 rings (SSSR count). The molecule has 0 aliphatic rings. The van der Waals surface area contributed by atoms with Crippen molar-refractivity contribution in [2.45, 2.75) is 12.8 Å². The fraction of sp³-hybridized carbons (Fsp3) is 0.235. The third-order valence-electron chi connectivity index (χ3n) is 3.09. The molecule has 0 N–H and O–H groups in total. The maximum atomic E-state index is 10.5. The highest BCUT2D eigenvalue weighted by molar-refractivity contribution is 5.36. The van der Waals surface area contributed by atoms with E-state index in [0.717, 1.165) is 12.8 Å². The van der Waals surface area contributed by atoms with Crippen molar-refractivity contribution in [1.29, 1.82) is 5.26 Å². The minimum atomic E-state index is -0.442. The number of rotatable bonds is 8. The maximum absolute atomic E-state index is 10.5. The molecule has 0 fully saturated rings. The van der Waals surface area contributed by atoms with Gasteiger partial charge in [-0.2, -0.15) is 5.26 Å². The zero-order valence-corrected chi connectivity index (χ0v) is 12.5. The van der Waals surface area contributed by atoms with Crippen LogP contribution in [-0.4, -0.2) is 18.1 Å². The molecule has 6 heteroatoms. The molecule has 0 unspecified atom stereocenters. The summed E-state index contributed by atoms with van der Waals surface area (Å²) in [5.74, 6) is 1.29. The molecule has 0 amide bonds. The SMILES string of the molecule is N#Cc1cccc(OCCCCOc2ccc([N+](=O)[O-])cc2)c1. The third kappa shape index (κ3) is 5.32. The summed E-state index contributed by atoms with van der Waals surface area (Å²) in [6.07, 6.45) is 1.61. The van der Waals surface area contributed by atoms with Crippen molar-refractivity contribution >= 4 is 5.69 Å². The highest BCUT2D eigenvalue weighted by atomic mass is 16.6. The Morgan fingerprint density at radius 3 is 2.26 bits per heavy atom. The molecule has 2 aromatic carbocycles. The lowest BCUT2D eigenvalue weighted by Gasteiger charge is -2.07. The standard InChI is InChI=1S/C17H16N2O4/c18-13-14-4-3-5-17(12-14)23-11-2-1-10-22-16-8-6-15(7-9-16)19(20)21/h3-9,12H,1-2,10-11H2. The van der Waals surface area contributed by atoms with Crippen LogP contribution in [-0.2, 0) is 0 Å². The van der Waals surface area contributed by atoms with Gasteiger partial charge in [0.2, 0.25) is 0 Å². The first-order chi connectivity index (χ1) is 11.2. The summed E-state index contributed by atoms with van der Waals surface area (Å²) in [4.78, 5) is 10.1. The Kier molecular flexibility index (Phi) is 5.95. The normalized spacial score (nSPS) is 9.87. The Morgan fingerprint density at radius 2 is 1.65 bits per heavy atom. The Balaban J connectivity index is 1.64. The molecule has 0 radical (unpaired) electrons. The number of nitro groups is 1. The predicted octanol–water partition coefficient (Wildman–Crippen LogP) is 3.70. The first kappa shape index (κ1) is 16.3.